The molecule has 4 heteroatoms. The van der Waals surface area contributed by atoms with Crippen molar-refractivity contribution >= 4 is 11.9 Å². The van der Waals surface area contributed by atoms with E-state index in [4.69, 9.17) is 5.11 Å². The van der Waals surface area contributed by atoms with E-state index < -0.39 is 5.97 Å². The van der Waals surface area contributed by atoms with E-state index >= 15 is 0 Å². The number of aryl methyl sites for hydroxylation is 2. The van der Waals surface area contributed by atoms with Crippen LogP contribution in [0.15, 0.2) is 18.2 Å². The fourth-order valence-corrected chi connectivity index (χ4v) is 2.71. The van der Waals surface area contributed by atoms with Gasteiger partial charge in [-0.1, -0.05) is 25.1 Å². The number of benzene rings is 1. The Hall–Kier alpha value is -1.84. The van der Waals surface area contributed by atoms with Crippen LogP contribution in [0, 0.1) is 0 Å². The number of amides is 1. The fourth-order valence-electron chi connectivity index (χ4n) is 2.71. The van der Waals surface area contributed by atoms with E-state index in [1.54, 1.807) is 0 Å². The Kier molecular flexibility index (Phi) is 4.77. The van der Waals surface area contributed by atoms with E-state index in [-0.39, 0.29) is 18.4 Å². The van der Waals surface area contributed by atoms with Crippen LogP contribution in [0.5, 0.6) is 0 Å². The van der Waals surface area contributed by atoms with Crippen molar-refractivity contribution < 1.29 is 14.7 Å². The zero-order valence-electron chi connectivity index (χ0n) is 11.8. The zero-order chi connectivity index (χ0) is 14.5. The second kappa shape index (κ2) is 6.55. The van der Waals surface area contributed by atoms with Crippen molar-refractivity contribution in [2.45, 2.75) is 51.5 Å². The number of fused-ring (bicyclic) bond motifs is 1. The Labute approximate surface area is 119 Å². The molecule has 2 N–H and O–H groups in total. The monoisotopic (exact) mass is 275 g/mol. The lowest BCUT2D eigenvalue weighted by molar-refractivity contribution is -0.137. The molecule has 2 rings (SSSR count). The van der Waals surface area contributed by atoms with Gasteiger partial charge in [-0.15, -0.1) is 0 Å². The molecule has 0 spiro atoms. The zero-order valence-corrected chi connectivity index (χ0v) is 11.8. The molecule has 0 aromatic heterocycles. The molecule has 0 fully saturated rings. The maximum Gasteiger partial charge on any atom is 0.305 e. The summed E-state index contributed by atoms with van der Waals surface area (Å²) in [7, 11) is 0. The molecule has 1 amide bonds. The highest BCUT2D eigenvalue weighted by Gasteiger charge is 2.15. The Balaban J connectivity index is 1.92. The van der Waals surface area contributed by atoms with Crippen LogP contribution in [-0.4, -0.2) is 23.0 Å². The minimum atomic E-state index is -0.880. The normalized spacial score (nSPS) is 14.7. The summed E-state index contributed by atoms with van der Waals surface area (Å²) in [5, 5.41) is 11.6. The van der Waals surface area contributed by atoms with Gasteiger partial charge in [0.15, 0.2) is 0 Å². The summed E-state index contributed by atoms with van der Waals surface area (Å²) in [6, 6.07) is 5.94. The van der Waals surface area contributed by atoms with Gasteiger partial charge >= 0.3 is 5.97 Å². The van der Waals surface area contributed by atoms with E-state index in [9.17, 15) is 9.59 Å². The summed E-state index contributed by atoms with van der Waals surface area (Å²) in [6.45, 7) is 1.88. The van der Waals surface area contributed by atoms with Gasteiger partial charge in [-0.3, -0.25) is 9.59 Å². The highest BCUT2D eigenvalue weighted by atomic mass is 16.4. The molecule has 0 radical (unpaired) electrons. The molecule has 0 aliphatic heterocycles. The third-order valence-corrected chi connectivity index (χ3v) is 3.81. The van der Waals surface area contributed by atoms with Crippen LogP contribution < -0.4 is 5.32 Å². The van der Waals surface area contributed by atoms with Crippen LogP contribution >= 0.6 is 0 Å². The number of carbonyl (C=O) groups excluding carboxylic acids is 1. The van der Waals surface area contributed by atoms with Crippen molar-refractivity contribution in [3.8, 4) is 0 Å². The molecule has 1 unspecified atom stereocenters. The maximum absolute atomic E-state index is 12.0. The Bertz CT molecular complexity index is 510. The quantitative estimate of drug-likeness (QED) is 0.835. The minimum absolute atomic E-state index is 0.0214. The summed E-state index contributed by atoms with van der Waals surface area (Å²) >= 11 is 0. The summed E-state index contributed by atoms with van der Waals surface area (Å²) in [4.78, 5) is 22.6. The SMILES string of the molecule is CCC(CC(=O)O)NC(=O)Cc1ccc2c(c1)CCC2. The van der Waals surface area contributed by atoms with Crippen LogP contribution in [0.4, 0.5) is 0 Å². The van der Waals surface area contributed by atoms with Crippen LogP contribution in [0.25, 0.3) is 0 Å². The molecule has 0 saturated heterocycles. The summed E-state index contributed by atoms with van der Waals surface area (Å²) in [5.74, 6) is -0.981. The van der Waals surface area contributed by atoms with Gasteiger partial charge in [0.05, 0.1) is 12.8 Å². The second-order valence-electron chi connectivity index (χ2n) is 5.40. The third-order valence-electron chi connectivity index (χ3n) is 3.81. The van der Waals surface area contributed by atoms with Gasteiger partial charge in [0, 0.05) is 6.04 Å². The Morgan fingerprint density at radius 3 is 2.75 bits per heavy atom. The molecule has 1 aromatic carbocycles. The number of hydrogen-bond acceptors (Lipinski definition) is 2. The molecular formula is C16H21NO3. The molecule has 4 nitrogen and oxygen atoms in total. The maximum atomic E-state index is 12.0. The van der Waals surface area contributed by atoms with Crippen molar-refractivity contribution in [3.63, 3.8) is 0 Å². The largest absolute Gasteiger partial charge is 0.481 e. The number of nitrogens with one attached hydrogen (secondary N) is 1. The highest BCUT2D eigenvalue weighted by molar-refractivity contribution is 5.79. The molecule has 1 aromatic rings. The lowest BCUT2D eigenvalue weighted by atomic mass is 10.0. The molecule has 20 heavy (non-hydrogen) atoms. The third kappa shape index (κ3) is 3.83. The van der Waals surface area contributed by atoms with Gasteiger partial charge in [0.2, 0.25) is 5.91 Å². The van der Waals surface area contributed by atoms with E-state index in [0.717, 1.165) is 18.4 Å². The van der Waals surface area contributed by atoms with Crippen LogP contribution in [0.3, 0.4) is 0 Å². The predicted octanol–water partition coefficient (Wildman–Crippen LogP) is 2.09. The number of rotatable bonds is 6. The average molecular weight is 275 g/mol. The smallest absolute Gasteiger partial charge is 0.305 e. The van der Waals surface area contributed by atoms with Crippen molar-refractivity contribution in [3.05, 3.63) is 34.9 Å². The molecular weight excluding hydrogens is 254 g/mol. The first-order valence-corrected chi connectivity index (χ1v) is 7.20. The van der Waals surface area contributed by atoms with Gasteiger partial charge in [0.25, 0.3) is 0 Å². The number of carboxylic acids is 1. The van der Waals surface area contributed by atoms with Crippen molar-refractivity contribution in [2.24, 2.45) is 0 Å². The average Bonchev–Trinajstić information content (AvgIpc) is 2.84. The van der Waals surface area contributed by atoms with E-state index in [1.165, 1.54) is 17.5 Å². The van der Waals surface area contributed by atoms with E-state index in [2.05, 4.69) is 17.4 Å². The molecule has 1 atom stereocenters. The van der Waals surface area contributed by atoms with Gasteiger partial charge in [0.1, 0.15) is 0 Å². The van der Waals surface area contributed by atoms with E-state index in [0.29, 0.717) is 12.8 Å². The molecule has 0 saturated carbocycles. The van der Waals surface area contributed by atoms with Crippen molar-refractivity contribution in [1.29, 1.82) is 0 Å². The molecule has 1 aliphatic carbocycles. The van der Waals surface area contributed by atoms with Gasteiger partial charge in [-0.2, -0.15) is 0 Å². The number of carboxylic acid groups (broad SMARTS) is 1. The first-order valence-electron chi connectivity index (χ1n) is 7.20. The number of aliphatic carboxylic acids is 1. The lowest BCUT2D eigenvalue weighted by Crippen LogP contribution is -2.36. The predicted molar refractivity (Wildman–Crippen MR) is 76.6 cm³/mol. The van der Waals surface area contributed by atoms with Crippen LogP contribution in [0.1, 0.15) is 42.9 Å². The first-order chi connectivity index (χ1) is 9.58. The van der Waals surface area contributed by atoms with Gasteiger partial charge in [-0.05, 0) is 42.4 Å². The van der Waals surface area contributed by atoms with Gasteiger partial charge < -0.3 is 10.4 Å². The van der Waals surface area contributed by atoms with Crippen LogP contribution in [-0.2, 0) is 28.9 Å². The minimum Gasteiger partial charge on any atom is -0.481 e. The van der Waals surface area contributed by atoms with Crippen molar-refractivity contribution in [2.75, 3.05) is 0 Å². The standard InChI is InChI=1S/C16H21NO3/c1-2-14(10-16(19)20)17-15(18)9-11-6-7-12-4-3-5-13(12)8-11/h6-8,14H,2-5,9-10H2,1H3,(H,17,18)(H,19,20). The van der Waals surface area contributed by atoms with Crippen LogP contribution in [0.2, 0.25) is 0 Å². The van der Waals surface area contributed by atoms with Crippen molar-refractivity contribution in [1.82, 2.24) is 5.32 Å². The molecule has 1 aliphatic rings. The molecule has 108 valence electrons. The highest BCUT2D eigenvalue weighted by Crippen LogP contribution is 2.22. The molecule has 0 heterocycles. The summed E-state index contributed by atoms with van der Waals surface area (Å²) in [6.07, 6.45) is 4.36. The number of hydrogen-bond donors (Lipinski definition) is 2. The fraction of sp³-hybridized carbons (Fsp3) is 0.500. The summed E-state index contributed by atoms with van der Waals surface area (Å²) < 4.78 is 0. The van der Waals surface area contributed by atoms with E-state index in [1.807, 2.05) is 13.0 Å². The molecule has 0 bridgehead atoms. The summed E-state index contributed by atoms with van der Waals surface area (Å²) in [5.41, 5.74) is 3.76. The second-order valence-corrected chi connectivity index (χ2v) is 5.40. The Morgan fingerprint density at radius 2 is 2.05 bits per heavy atom. The number of carbonyl (C=O) groups is 2. The lowest BCUT2D eigenvalue weighted by Gasteiger charge is -2.15. The topological polar surface area (TPSA) is 66.4 Å². The van der Waals surface area contributed by atoms with Gasteiger partial charge in [-0.25, -0.2) is 0 Å². The first kappa shape index (κ1) is 14.6. The Morgan fingerprint density at radius 1 is 1.30 bits per heavy atom.